The van der Waals surface area contributed by atoms with Crippen LogP contribution in [0, 0.1) is 11.8 Å². The predicted octanol–water partition coefficient (Wildman–Crippen LogP) is 3.12. The first-order valence-corrected chi connectivity index (χ1v) is 7.44. The molecular weight excluding hydrogens is 246 g/mol. The van der Waals surface area contributed by atoms with Crippen molar-refractivity contribution >= 4 is 11.0 Å². The molecule has 0 aliphatic carbocycles. The minimum atomic E-state index is -0.0102. The summed E-state index contributed by atoms with van der Waals surface area (Å²) in [5.74, 6) is 7.35. The maximum absolute atomic E-state index is 5.92. The quantitative estimate of drug-likeness (QED) is 0.848. The fraction of sp³-hybridized carbons (Fsp3) is 0.471. The highest BCUT2D eigenvalue weighted by Crippen LogP contribution is 2.16. The maximum Gasteiger partial charge on any atom is 0.121 e. The zero-order valence-electron chi connectivity index (χ0n) is 12.4. The molecule has 1 heterocycles. The lowest BCUT2D eigenvalue weighted by Crippen LogP contribution is -2.16. The number of benzene rings is 1. The van der Waals surface area contributed by atoms with Gasteiger partial charge in [-0.15, -0.1) is 0 Å². The molecule has 1 aromatic heterocycles. The van der Waals surface area contributed by atoms with E-state index < -0.39 is 0 Å². The summed E-state index contributed by atoms with van der Waals surface area (Å²) in [5.41, 5.74) is 8.17. The molecule has 0 saturated heterocycles. The average Bonchev–Trinajstić information content (AvgIpc) is 2.78. The lowest BCUT2D eigenvalue weighted by atomic mass is 10.2. The maximum atomic E-state index is 5.92. The highest BCUT2D eigenvalue weighted by Gasteiger charge is 2.08. The van der Waals surface area contributed by atoms with Crippen LogP contribution in [0.15, 0.2) is 24.3 Å². The molecular formula is C17H23N3. The summed E-state index contributed by atoms with van der Waals surface area (Å²) >= 11 is 0. The number of aryl methyl sites for hydroxylation is 1. The first-order valence-electron chi connectivity index (χ1n) is 7.44. The van der Waals surface area contributed by atoms with Gasteiger partial charge < -0.3 is 10.3 Å². The second-order valence-electron chi connectivity index (χ2n) is 5.06. The van der Waals surface area contributed by atoms with Gasteiger partial charge in [-0.1, -0.05) is 44.2 Å². The molecule has 0 aliphatic heterocycles. The highest BCUT2D eigenvalue weighted by atomic mass is 15.1. The molecule has 0 spiro atoms. The first kappa shape index (κ1) is 14.6. The molecule has 0 amide bonds. The van der Waals surface area contributed by atoms with E-state index in [0.717, 1.165) is 37.1 Å². The Morgan fingerprint density at radius 3 is 2.80 bits per heavy atom. The Balaban J connectivity index is 2.22. The van der Waals surface area contributed by atoms with E-state index >= 15 is 0 Å². The molecule has 0 fully saturated rings. The minimum Gasteiger partial charge on any atom is -0.327 e. The fourth-order valence-electron chi connectivity index (χ4n) is 2.38. The number of rotatable bonds is 5. The van der Waals surface area contributed by atoms with Crippen molar-refractivity contribution in [3.63, 3.8) is 0 Å². The summed E-state index contributed by atoms with van der Waals surface area (Å²) in [5, 5.41) is 0. The molecule has 2 aromatic rings. The van der Waals surface area contributed by atoms with Crippen molar-refractivity contribution < 1.29 is 0 Å². The molecule has 0 bridgehead atoms. The van der Waals surface area contributed by atoms with Crippen LogP contribution in [0.1, 0.15) is 38.9 Å². The summed E-state index contributed by atoms with van der Waals surface area (Å²) in [4.78, 5) is 4.69. The topological polar surface area (TPSA) is 43.8 Å². The molecule has 2 N–H and O–H groups in total. The molecule has 0 saturated carbocycles. The molecule has 20 heavy (non-hydrogen) atoms. The van der Waals surface area contributed by atoms with Gasteiger partial charge in [-0.2, -0.15) is 0 Å². The smallest absolute Gasteiger partial charge is 0.121 e. The average molecular weight is 269 g/mol. The third-order valence-corrected chi connectivity index (χ3v) is 3.31. The number of nitrogens with zero attached hydrogens (tertiary/aromatic N) is 2. The second kappa shape index (κ2) is 7.12. The molecule has 1 aromatic carbocycles. The molecule has 3 heteroatoms. The Kier molecular flexibility index (Phi) is 5.20. The Labute approximate surface area is 121 Å². The number of nitrogens with two attached hydrogens (primary N) is 1. The van der Waals surface area contributed by atoms with Crippen LogP contribution >= 0.6 is 0 Å². The highest BCUT2D eigenvalue weighted by molar-refractivity contribution is 5.75. The van der Waals surface area contributed by atoms with E-state index in [1.165, 1.54) is 5.52 Å². The molecule has 3 nitrogen and oxygen atoms in total. The van der Waals surface area contributed by atoms with Crippen LogP contribution in [-0.2, 0) is 13.0 Å². The summed E-state index contributed by atoms with van der Waals surface area (Å²) in [6.45, 7) is 5.29. The van der Waals surface area contributed by atoms with Gasteiger partial charge in [-0.05, 0) is 25.0 Å². The normalized spacial score (nSPS) is 12.2. The second-order valence-corrected chi connectivity index (χ2v) is 5.06. The SMILES string of the molecule is CCCC(N)C#CCc1nc2ccccc2n1CCC. The predicted molar refractivity (Wildman–Crippen MR) is 84.4 cm³/mol. The molecule has 1 unspecified atom stereocenters. The number of imidazole rings is 1. The Hall–Kier alpha value is -1.79. The largest absolute Gasteiger partial charge is 0.327 e. The van der Waals surface area contributed by atoms with Crippen LogP contribution in [0.4, 0.5) is 0 Å². The van der Waals surface area contributed by atoms with Crippen LogP contribution in [-0.4, -0.2) is 15.6 Å². The number of aromatic nitrogens is 2. The van der Waals surface area contributed by atoms with Crippen molar-refractivity contribution in [2.24, 2.45) is 5.73 Å². The van der Waals surface area contributed by atoms with Crippen LogP contribution in [0.5, 0.6) is 0 Å². The number of fused-ring (bicyclic) bond motifs is 1. The van der Waals surface area contributed by atoms with Gasteiger partial charge in [-0.3, -0.25) is 0 Å². The number of para-hydroxylation sites is 2. The Morgan fingerprint density at radius 1 is 1.25 bits per heavy atom. The van der Waals surface area contributed by atoms with Crippen LogP contribution in [0.2, 0.25) is 0 Å². The third-order valence-electron chi connectivity index (χ3n) is 3.31. The zero-order valence-corrected chi connectivity index (χ0v) is 12.4. The Morgan fingerprint density at radius 2 is 2.05 bits per heavy atom. The monoisotopic (exact) mass is 269 g/mol. The van der Waals surface area contributed by atoms with E-state index in [1.807, 2.05) is 6.07 Å². The van der Waals surface area contributed by atoms with Crippen molar-refractivity contribution in [3.8, 4) is 11.8 Å². The van der Waals surface area contributed by atoms with E-state index in [-0.39, 0.29) is 6.04 Å². The van der Waals surface area contributed by atoms with Gasteiger partial charge in [-0.25, -0.2) is 4.98 Å². The van der Waals surface area contributed by atoms with Gasteiger partial charge in [0.05, 0.1) is 23.5 Å². The fourth-order valence-corrected chi connectivity index (χ4v) is 2.38. The summed E-state index contributed by atoms with van der Waals surface area (Å²) in [6, 6.07) is 8.25. The summed E-state index contributed by atoms with van der Waals surface area (Å²) in [6.07, 6.45) is 3.80. The van der Waals surface area contributed by atoms with E-state index in [0.29, 0.717) is 6.42 Å². The summed E-state index contributed by atoms with van der Waals surface area (Å²) in [7, 11) is 0. The van der Waals surface area contributed by atoms with Crippen molar-refractivity contribution in [1.29, 1.82) is 0 Å². The van der Waals surface area contributed by atoms with E-state index in [2.05, 4.69) is 48.5 Å². The lowest BCUT2D eigenvalue weighted by molar-refractivity contribution is 0.668. The van der Waals surface area contributed by atoms with Gasteiger partial charge in [0, 0.05) is 6.54 Å². The third kappa shape index (κ3) is 3.40. The van der Waals surface area contributed by atoms with Crippen molar-refractivity contribution in [3.05, 3.63) is 30.1 Å². The lowest BCUT2D eigenvalue weighted by Gasteiger charge is -2.05. The van der Waals surface area contributed by atoms with Gasteiger partial charge in [0.1, 0.15) is 5.82 Å². The number of hydrogen-bond donors (Lipinski definition) is 1. The van der Waals surface area contributed by atoms with E-state index in [9.17, 15) is 0 Å². The Bertz CT molecular complexity index is 616. The molecule has 2 rings (SSSR count). The molecule has 0 aliphatic rings. The van der Waals surface area contributed by atoms with Crippen molar-refractivity contribution in [2.75, 3.05) is 0 Å². The van der Waals surface area contributed by atoms with Crippen LogP contribution in [0.25, 0.3) is 11.0 Å². The first-order chi connectivity index (χ1) is 9.76. The zero-order chi connectivity index (χ0) is 14.4. The van der Waals surface area contributed by atoms with Gasteiger partial charge >= 0.3 is 0 Å². The summed E-state index contributed by atoms with van der Waals surface area (Å²) < 4.78 is 2.27. The standard InChI is InChI=1S/C17H23N3/c1-3-8-14(18)9-7-12-17-19-15-10-5-6-11-16(15)20(17)13-4-2/h5-6,10-11,14H,3-4,8,12-13,18H2,1-2H3. The van der Waals surface area contributed by atoms with E-state index in [4.69, 9.17) is 10.7 Å². The van der Waals surface area contributed by atoms with Crippen molar-refractivity contribution in [1.82, 2.24) is 9.55 Å². The van der Waals surface area contributed by atoms with Gasteiger partial charge in [0.2, 0.25) is 0 Å². The van der Waals surface area contributed by atoms with E-state index in [1.54, 1.807) is 0 Å². The molecule has 0 radical (unpaired) electrons. The molecule has 106 valence electrons. The van der Waals surface area contributed by atoms with Gasteiger partial charge in [0.15, 0.2) is 0 Å². The van der Waals surface area contributed by atoms with Gasteiger partial charge in [0.25, 0.3) is 0 Å². The van der Waals surface area contributed by atoms with Crippen LogP contribution in [0.3, 0.4) is 0 Å². The van der Waals surface area contributed by atoms with Crippen molar-refractivity contribution in [2.45, 2.75) is 52.1 Å². The molecule has 1 atom stereocenters. The number of hydrogen-bond acceptors (Lipinski definition) is 2. The van der Waals surface area contributed by atoms with Crippen LogP contribution < -0.4 is 5.73 Å². The minimum absolute atomic E-state index is 0.0102.